The first-order valence-electron chi connectivity index (χ1n) is 12.6. The molecular weight excluding hydrogens is 465 g/mol. The maximum Gasteiger partial charge on any atom is 0.251 e. The fraction of sp³-hybridized carbons (Fsp3) is 0.258. The minimum absolute atomic E-state index is 0.113. The second-order valence-electron chi connectivity index (χ2n) is 9.86. The highest BCUT2D eigenvalue weighted by Gasteiger charge is 2.18. The Kier molecular flexibility index (Phi) is 6.87. The number of carbonyl (C=O) groups is 1. The summed E-state index contributed by atoms with van der Waals surface area (Å²) in [5.41, 5.74) is 6.50. The Morgan fingerprint density at radius 3 is 2.51 bits per heavy atom. The molecule has 1 aromatic heterocycles. The fourth-order valence-electron chi connectivity index (χ4n) is 4.78. The standard InChI is InChI=1S/C31H28FN3O2/c1-19(2)27-15-21(17-33)16-28-29(27)37-31(35-28)25-9-7-24(8-10-25)30(36)34-18-20-3-5-22(6-4-20)23-11-13-26(32)14-12-23/h5,7-16,19-20H,3-4,6,18H2,1-2H3,(H,34,36). The van der Waals surface area contributed by atoms with E-state index in [9.17, 15) is 14.4 Å². The molecular formula is C31H28FN3O2. The summed E-state index contributed by atoms with van der Waals surface area (Å²) in [4.78, 5) is 17.3. The van der Waals surface area contributed by atoms with E-state index in [0.29, 0.717) is 40.6 Å². The zero-order valence-corrected chi connectivity index (χ0v) is 20.9. The number of amides is 1. The topological polar surface area (TPSA) is 78.9 Å². The quantitative estimate of drug-likeness (QED) is 0.307. The minimum Gasteiger partial charge on any atom is -0.436 e. The van der Waals surface area contributed by atoms with E-state index >= 15 is 0 Å². The Morgan fingerprint density at radius 2 is 1.86 bits per heavy atom. The molecule has 1 amide bonds. The predicted octanol–water partition coefficient (Wildman–Crippen LogP) is 7.24. The number of nitrogens with one attached hydrogen (secondary N) is 1. The number of allylic oxidation sites excluding steroid dienone is 2. The van der Waals surface area contributed by atoms with Gasteiger partial charge in [-0.15, -0.1) is 0 Å². The molecule has 1 unspecified atom stereocenters. The van der Waals surface area contributed by atoms with Gasteiger partial charge in [0.2, 0.25) is 5.89 Å². The van der Waals surface area contributed by atoms with Crippen LogP contribution in [0.25, 0.3) is 28.1 Å². The number of benzene rings is 3. The van der Waals surface area contributed by atoms with Gasteiger partial charge in [-0.2, -0.15) is 5.26 Å². The highest BCUT2D eigenvalue weighted by atomic mass is 19.1. The summed E-state index contributed by atoms with van der Waals surface area (Å²) in [7, 11) is 0. The van der Waals surface area contributed by atoms with Crippen molar-refractivity contribution in [3.8, 4) is 17.5 Å². The molecule has 5 rings (SSSR count). The van der Waals surface area contributed by atoms with Crippen molar-refractivity contribution in [3.05, 3.63) is 94.8 Å². The highest BCUT2D eigenvalue weighted by molar-refractivity contribution is 5.94. The molecule has 1 aliphatic carbocycles. The van der Waals surface area contributed by atoms with Gasteiger partial charge in [-0.3, -0.25) is 4.79 Å². The largest absolute Gasteiger partial charge is 0.436 e. The van der Waals surface area contributed by atoms with Crippen LogP contribution in [-0.2, 0) is 0 Å². The van der Waals surface area contributed by atoms with Crippen molar-refractivity contribution in [2.45, 2.75) is 39.0 Å². The van der Waals surface area contributed by atoms with Gasteiger partial charge < -0.3 is 9.73 Å². The van der Waals surface area contributed by atoms with Gasteiger partial charge in [0.25, 0.3) is 5.91 Å². The Labute approximate surface area is 215 Å². The number of nitriles is 1. The lowest BCUT2D eigenvalue weighted by Crippen LogP contribution is -2.29. The number of fused-ring (bicyclic) bond motifs is 1. The van der Waals surface area contributed by atoms with Gasteiger partial charge in [-0.05, 0) is 90.8 Å². The SMILES string of the molecule is CC(C)c1cc(C#N)cc2nc(-c3ccc(C(=O)NCC4CC=C(c5ccc(F)cc5)CC4)cc3)oc12. The van der Waals surface area contributed by atoms with E-state index < -0.39 is 0 Å². The van der Waals surface area contributed by atoms with Gasteiger partial charge in [0.05, 0.1) is 11.6 Å². The molecule has 0 saturated heterocycles. The first-order chi connectivity index (χ1) is 17.9. The fourth-order valence-corrected chi connectivity index (χ4v) is 4.78. The zero-order chi connectivity index (χ0) is 25.9. The smallest absolute Gasteiger partial charge is 0.251 e. The number of hydrogen-bond donors (Lipinski definition) is 1. The van der Waals surface area contributed by atoms with Gasteiger partial charge in [0, 0.05) is 23.2 Å². The zero-order valence-electron chi connectivity index (χ0n) is 20.9. The van der Waals surface area contributed by atoms with E-state index in [2.05, 4.69) is 36.3 Å². The summed E-state index contributed by atoms with van der Waals surface area (Å²) in [6.07, 6.45) is 4.98. The van der Waals surface area contributed by atoms with Gasteiger partial charge in [0.15, 0.2) is 5.58 Å². The number of oxazole rings is 1. The molecule has 1 aliphatic rings. The normalized spacial score (nSPS) is 15.4. The average Bonchev–Trinajstić information content (AvgIpc) is 3.36. The van der Waals surface area contributed by atoms with Crippen LogP contribution in [0.15, 0.2) is 71.2 Å². The maximum atomic E-state index is 13.2. The van der Waals surface area contributed by atoms with Crippen LogP contribution < -0.4 is 5.32 Å². The van der Waals surface area contributed by atoms with Crippen LogP contribution >= 0.6 is 0 Å². The van der Waals surface area contributed by atoms with Crippen LogP contribution in [0, 0.1) is 23.1 Å². The van der Waals surface area contributed by atoms with Crippen LogP contribution in [0.3, 0.4) is 0 Å². The molecule has 0 spiro atoms. The van der Waals surface area contributed by atoms with Crippen molar-refractivity contribution in [1.82, 2.24) is 10.3 Å². The van der Waals surface area contributed by atoms with Gasteiger partial charge in [-0.25, -0.2) is 9.37 Å². The number of hydrogen-bond acceptors (Lipinski definition) is 4. The molecule has 4 aromatic rings. The average molecular weight is 494 g/mol. The van der Waals surface area contributed by atoms with Crippen LogP contribution in [0.4, 0.5) is 4.39 Å². The Balaban J connectivity index is 1.22. The van der Waals surface area contributed by atoms with Crippen molar-refractivity contribution in [2.75, 3.05) is 6.54 Å². The molecule has 0 radical (unpaired) electrons. The molecule has 0 saturated carbocycles. The van der Waals surface area contributed by atoms with E-state index in [1.165, 1.54) is 17.7 Å². The summed E-state index contributed by atoms with van der Waals surface area (Å²) in [6.45, 7) is 4.72. The predicted molar refractivity (Wildman–Crippen MR) is 142 cm³/mol. The lowest BCUT2D eigenvalue weighted by Gasteiger charge is -2.22. The molecule has 5 nitrogen and oxygen atoms in total. The third-order valence-electron chi connectivity index (χ3n) is 6.95. The number of rotatable bonds is 6. The highest BCUT2D eigenvalue weighted by Crippen LogP contribution is 2.32. The summed E-state index contributed by atoms with van der Waals surface area (Å²) < 4.78 is 19.2. The van der Waals surface area contributed by atoms with Crippen molar-refractivity contribution in [1.29, 1.82) is 5.26 Å². The second kappa shape index (κ2) is 10.4. The number of nitrogens with zero attached hydrogens (tertiary/aromatic N) is 2. The van der Waals surface area contributed by atoms with Crippen molar-refractivity contribution in [2.24, 2.45) is 5.92 Å². The molecule has 186 valence electrons. The van der Waals surface area contributed by atoms with Gasteiger partial charge >= 0.3 is 0 Å². The second-order valence-corrected chi connectivity index (χ2v) is 9.86. The lowest BCUT2D eigenvalue weighted by atomic mass is 9.86. The molecule has 1 N–H and O–H groups in total. The number of aromatic nitrogens is 1. The maximum absolute atomic E-state index is 13.2. The van der Waals surface area contributed by atoms with Crippen LogP contribution in [-0.4, -0.2) is 17.4 Å². The molecule has 1 heterocycles. The molecule has 6 heteroatoms. The molecule has 37 heavy (non-hydrogen) atoms. The van der Waals surface area contributed by atoms with Crippen molar-refractivity contribution < 1.29 is 13.6 Å². The summed E-state index contributed by atoms with van der Waals surface area (Å²) >= 11 is 0. The van der Waals surface area contributed by atoms with Crippen molar-refractivity contribution >= 4 is 22.6 Å². The van der Waals surface area contributed by atoms with Gasteiger partial charge in [-0.1, -0.05) is 32.1 Å². The Bertz CT molecular complexity index is 1510. The lowest BCUT2D eigenvalue weighted by molar-refractivity contribution is 0.0946. The summed E-state index contributed by atoms with van der Waals surface area (Å²) in [5, 5.41) is 12.4. The summed E-state index contributed by atoms with van der Waals surface area (Å²) in [5.74, 6) is 0.692. The number of halogens is 1. The summed E-state index contributed by atoms with van der Waals surface area (Å²) in [6, 6.07) is 19.6. The van der Waals surface area contributed by atoms with E-state index in [1.807, 2.05) is 30.3 Å². The Morgan fingerprint density at radius 1 is 1.14 bits per heavy atom. The van der Waals surface area contributed by atoms with Crippen LogP contribution in [0.5, 0.6) is 0 Å². The van der Waals surface area contributed by atoms with E-state index in [4.69, 9.17) is 4.42 Å². The first kappa shape index (κ1) is 24.5. The Hall–Kier alpha value is -4.24. The monoisotopic (exact) mass is 493 g/mol. The molecule has 1 atom stereocenters. The van der Waals surface area contributed by atoms with Crippen LogP contribution in [0.1, 0.15) is 66.1 Å². The first-order valence-corrected chi connectivity index (χ1v) is 12.6. The minimum atomic E-state index is -0.225. The van der Waals surface area contributed by atoms with Gasteiger partial charge in [0.1, 0.15) is 11.3 Å². The molecule has 0 fully saturated rings. The molecule has 3 aromatic carbocycles. The third-order valence-corrected chi connectivity index (χ3v) is 6.95. The van der Waals surface area contributed by atoms with E-state index in [1.54, 1.807) is 18.2 Å². The van der Waals surface area contributed by atoms with E-state index in [-0.39, 0.29) is 17.6 Å². The van der Waals surface area contributed by atoms with E-state index in [0.717, 1.165) is 36.0 Å². The third kappa shape index (κ3) is 5.31. The number of carbonyl (C=O) groups excluding carboxylic acids is 1. The molecule has 0 aliphatic heterocycles. The van der Waals surface area contributed by atoms with Crippen molar-refractivity contribution in [3.63, 3.8) is 0 Å². The van der Waals surface area contributed by atoms with Crippen LogP contribution in [0.2, 0.25) is 0 Å². The molecule has 0 bridgehead atoms.